The Hall–Kier alpha value is -1.07. The van der Waals surface area contributed by atoms with Crippen molar-refractivity contribution in [2.75, 3.05) is 25.4 Å². The quantitative estimate of drug-likeness (QED) is 0.819. The maximum absolute atomic E-state index is 12.3. The molecule has 0 radical (unpaired) electrons. The zero-order chi connectivity index (χ0) is 13.1. The number of nitrogens with two attached hydrogens (primary N) is 1. The third kappa shape index (κ3) is 2.84. The number of aliphatic hydroxyl groups excluding tert-OH is 1. The van der Waals surface area contributed by atoms with Crippen LogP contribution in [0.3, 0.4) is 0 Å². The maximum Gasteiger partial charge on any atom is 0.253 e. The van der Waals surface area contributed by atoms with Gasteiger partial charge in [0, 0.05) is 35.4 Å². The van der Waals surface area contributed by atoms with E-state index in [1.807, 2.05) is 4.90 Å². The number of carbonyl (C=O) groups excluding carboxylic acids is 1. The van der Waals surface area contributed by atoms with Gasteiger partial charge in [-0.3, -0.25) is 4.79 Å². The van der Waals surface area contributed by atoms with Crippen molar-refractivity contribution in [1.82, 2.24) is 4.90 Å². The highest BCUT2D eigenvalue weighted by Crippen LogP contribution is 2.23. The van der Waals surface area contributed by atoms with Crippen molar-refractivity contribution >= 4 is 27.5 Å². The van der Waals surface area contributed by atoms with E-state index in [0.717, 1.165) is 23.9 Å². The summed E-state index contributed by atoms with van der Waals surface area (Å²) in [4.78, 5) is 14.1. The van der Waals surface area contributed by atoms with E-state index in [1.54, 1.807) is 18.2 Å². The Labute approximate surface area is 115 Å². The molecule has 98 valence electrons. The van der Waals surface area contributed by atoms with Crippen molar-refractivity contribution in [3.05, 3.63) is 28.2 Å². The zero-order valence-corrected chi connectivity index (χ0v) is 11.7. The molecule has 0 aromatic heterocycles. The van der Waals surface area contributed by atoms with Gasteiger partial charge in [-0.05, 0) is 52.9 Å². The Kier molecular flexibility index (Phi) is 4.24. The summed E-state index contributed by atoms with van der Waals surface area (Å²) in [5.41, 5.74) is 6.96. The van der Waals surface area contributed by atoms with Crippen LogP contribution >= 0.6 is 15.9 Å². The smallest absolute Gasteiger partial charge is 0.253 e. The summed E-state index contributed by atoms with van der Waals surface area (Å²) in [5.74, 6) is 0.216. The second-order valence-electron chi connectivity index (χ2n) is 4.68. The normalized spacial score (nSPS) is 19.9. The number of aliphatic hydroxyl groups is 1. The van der Waals surface area contributed by atoms with Crippen LogP contribution in [0.15, 0.2) is 22.7 Å². The number of hydrogen-bond acceptors (Lipinski definition) is 3. The van der Waals surface area contributed by atoms with E-state index in [1.165, 1.54) is 0 Å². The van der Waals surface area contributed by atoms with Crippen molar-refractivity contribution < 1.29 is 9.90 Å². The predicted molar refractivity (Wildman–Crippen MR) is 74.3 cm³/mol. The summed E-state index contributed by atoms with van der Waals surface area (Å²) in [5, 5.41) is 9.18. The van der Waals surface area contributed by atoms with E-state index in [0.29, 0.717) is 17.8 Å². The van der Waals surface area contributed by atoms with Gasteiger partial charge in [-0.1, -0.05) is 0 Å². The molecule has 1 unspecified atom stereocenters. The van der Waals surface area contributed by atoms with E-state index >= 15 is 0 Å². The number of hydrogen-bond donors (Lipinski definition) is 2. The van der Waals surface area contributed by atoms with Gasteiger partial charge in [0.1, 0.15) is 0 Å². The first-order chi connectivity index (χ1) is 8.61. The SMILES string of the molecule is Nc1ccc(C(=O)N2CCCC(CO)C2)cc1Br. The molecule has 1 aliphatic rings. The Morgan fingerprint density at radius 1 is 1.56 bits per heavy atom. The Balaban J connectivity index is 2.12. The van der Waals surface area contributed by atoms with Gasteiger partial charge in [-0.25, -0.2) is 0 Å². The second kappa shape index (κ2) is 5.71. The number of likely N-dealkylation sites (tertiary alicyclic amines) is 1. The summed E-state index contributed by atoms with van der Waals surface area (Å²) < 4.78 is 0.740. The number of nitrogen functional groups attached to an aromatic ring is 1. The van der Waals surface area contributed by atoms with Crippen LogP contribution in [-0.2, 0) is 0 Å². The zero-order valence-electron chi connectivity index (χ0n) is 10.1. The molecule has 1 amide bonds. The lowest BCUT2D eigenvalue weighted by Crippen LogP contribution is -2.40. The lowest BCUT2D eigenvalue weighted by Gasteiger charge is -2.32. The van der Waals surface area contributed by atoms with Crippen LogP contribution in [0.4, 0.5) is 5.69 Å². The molecule has 3 N–H and O–H groups in total. The van der Waals surface area contributed by atoms with Crippen molar-refractivity contribution in [1.29, 1.82) is 0 Å². The van der Waals surface area contributed by atoms with E-state index in [9.17, 15) is 9.90 Å². The fourth-order valence-electron chi connectivity index (χ4n) is 2.24. The molecule has 0 bridgehead atoms. The van der Waals surface area contributed by atoms with Crippen LogP contribution in [0.2, 0.25) is 0 Å². The van der Waals surface area contributed by atoms with E-state index in [2.05, 4.69) is 15.9 Å². The standard InChI is InChI=1S/C13H17BrN2O2/c14-11-6-10(3-4-12(11)15)13(18)16-5-1-2-9(7-16)8-17/h3-4,6,9,17H,1-2,5,7-8,15H2. The molecule has 1 saturated heterocycles. The first-order valence-electron chi connectivity index (χ1n) is 6.07. The Bertz CT molecular complexity index is 451. The average molecular weight is 313 g/mol. The lowest BCUT2D eigenvalue weighted by atomic mass is 9.98. The minimum atomic E-state index is 0.00819. The highest BCUT2D eigenvalue weighted by molar-refractivity contribution is 9.10. The molecule has 1 fully saturated rings. The molecular formula is C13H17BrN2O2. The number of piperidine rings is 1. The van der Waals surface area contributed by atoms with E-state index in [-0.39, 0.29) is 18.4 Å². The molecule has 0 saturated carbocycles. The molecule has 5 heteroatoms. The fraction of sp³-hybridized carbons (Fsp3) is 0.462. The van der Waals surface area contributed by atoms with Crippen molar-refractivity contribution in [2.45, 2.75) is 12.8 Å². The monoisotopic (exact) mass is 312 g/mol. The largest absolute Gasteiger partial charge is 0.398 e. The van der Waals surface area contributed by atoms with E-state index in [4.69, 9.17) is 5.73 Å². The molecule has 1 aromatic carbocycles. The van der Waals surface area contributed by atoms with Gasteiger partial charge in [-0.15, -0.1) is 0 Å². The summed E-state index contributed by atoms with van der Waals surface area (Å²) in [6, 6.07) is 5.22. The van der Waals surface area contributed by atoms with Crippen LogP contribution < -0.4 is 5.73 Å². The summed E-state index contributed by atoms with van der Waals surface area (Å²) in [6.07, 6.45) is 1.94. The first kappa shape index (κ1) is 13.4. The predicted octanol–water partition coefficient (Wildman–Crippen LogP) is 1.88. The summed E-state index contributed by atoms with van der Waals surface area (Å²) in [7, 11) is 0. The molecule has 18 heavy (non-hydrogen) atoms. The van der Waals surface area contributed by atoms with Gasteiger partial charge in [0.25, 0.3) is 5.91 Å². The van der Waals surface area contributed by atoms with Gasteiger partial charge in [0.05, 0.1) is 0 Å². The molecule has 1 atom stereocenters. The number of amides is 1. The highest BCUT2D eigenvalue weighted by atomic mass is 79.9. The minimum Gasteiger partial charge on any atom is -0.398 e. The molecule has 0 spiro atoms. The van der Waals surface area contributed by atoms with Gasteiger partial charge >= 0.3 is 0 Å². The van der Waals surface area contributed by atoms with Crippen LogP contribution in [-0.4, -0.2) is 35.6 Å². The fourth-order valence-corrected chi connectivity index (χ4v) is 2.62. The third-order valence-corrected chi connectivity index (χ3v) is 4.00. The molecule has 0 aliphatic carbocycles. The number of benzene rings is 1. The van der Waals surface area contributed by atoms with Crippen LogP contribution in [0, 0.1) is 5.92 Å². The first-order valence-corrected chi connectivity index (χ1v) is 6.86. The topological polar surface area (TPSA) is 66.6 Å². The summed E-state index contributed by atoms with van der Waals surface area (Å²) >= 11 is 3.33. The molecule has 1 aromatic rings. The molecular weight excluding hydrogens is 296 g/mol. The van der Waals surface area contributed by atoms with Crippen molar-refractivity contribution in [3.8, 4) is 0 Å². The highest BCUT2D eigenvalue weighted by Gasteiger charge is 2.24. The molecule has 1 heterocycles. The Morgan fingerprint density at radius 3 is 3.00 bits per heavy atom. The lowest BCUT2D eigenvalue weighted by molar-refractivity contribution is 0.0620. The van der Waals surface area contributed by atoms with Gasteiger partial charge in [0.15, 0.2) is 0 Å². The van der Waals surface area contributed by atoms with Gasteiger partial charge in [-0.2, -0.15) is 0 Å². The number of anilines is 1. The van der Waals surface area contributed by atoms with Crippen LogP contribution in [0.1, 0.15) is 23.2 Å². The Morgan fingerprint density at radius 2 is 2.33 bits per heavy atom. The minimum absolute atomic E-state index is 0.00819. The van der Waals surface area contributed by atoms with Crippen molar-refractivity contribution in [3.63, 3.8) is 0 Å². The average Bonchev–Trinajstić information content (AvgIpc) is 2.41. The van der Waals surface area contributed by atoms with Crippen LogP contribution in [0.5, 0.6) is 0 Å². The molecule has 2 rings (SSSR count). The molecule has 4 nitrogen and oxygen atoms in total. The molecule has 1 aliphatic heterocycles. The summed E-state index contributed by atoms with van der Waals surface area (Å²) in [6.45, 7) is 1.55. The third-order valence-electron chi connectivity index (χ3n) is 3.31. The number of nitrogens with zero attached hydrogens (tertiary/aromatic N) is 1. The second-order valence-corrected chi connectivity index (χ2v) is 5.53. The number of carbonyl (C=O) groups is 1. The van der Waals surface area contributed by atoms with E-state index < -0.39 is 0 Å². The van der Waals surface area contributed by atoms with Crippen LogP contribution in [0.25, 0.3) is 0 Å². The van der Waals surface area contributed by atoms with Gasteiger partial charge < -0.3 is 15.7 Å². The van der Waals surface area contributed by atoms with Gasteiger partial charge in [0.2, 0.25) is 0 Å². The number of rotatable bonds is 2. The maximum atomic E-state index is 12.3. The van der Waals surface area contributed by atoms with Crippen molar-refractivity contribution in [2.24, 2.45) is 5.92 Å². The number of halogens is 1.